The van der Waals surface area contributed by atoms with Crippen LogP contribution in [0.2, 0.25) is 0 Å². The SMILES string of the molecule is Cc1ccc(COc2ccccc2CN[C@H](C)CCc2ccccc2)cc1. The number of aryl methyl sites for hydroxylation is 2. The summed E-state index contributed by atoms with van der Waals surface area (Å²) in [6.07, 6.45) is 2.22. The molecule has 0 bridgehead atoms. The normalized spacial score (nSPS) is 11.9. The second-order valence-electron chi connectivity index (χ2n) is 7.19. The van der Waals surface area contributed by atoms with Crippen LogP contribution >= 0.6 is 0 Å². The van der Waals surface area contributed by atoms with E-state index in [1.54, 1.807) is 0 Å². The van der Waals surface area contributed by atoms with Crippen LogP contribution < -0.4 is 10.1 Å². The largest absolute Gasteiger partial charge is 0.489 e. The predicted molar refractivity (Wildman–Crippen MR) is 113 cm³/mol. The van der Waals surface area contributed by atoms with E-state index >= 15 is 0 Å². The number of para-hydroxylation sites is 1. The summed E-state index contributed by atoms with van der Waals surface area (Å²) in [5, 5.41) is 3.64. The summed E-state index contributed by atoms with van der Waals surface area (Å²) < 4.78 is 6.08. The molecule has 0 spiro atoms. The molecule has 0 fully saturated rings. The number of ether oxygens (including phenoxy) is 1. The molecule has 140 valence electrons. The van der Waals surface area contributed by atoms with Gasteiger partial charge in [-0.15, -0.1) is 0 Å². The van der Waals surface area contributed by atoms with Gasteiger partial charge in [-0.3, -0.25) is 0 Å². The van der Waals surface area contributed by atoms with Crippen LogP contribution in [-0.2, 0) is 19.6 Å². The highest BCUT2D eigenvalue weighted by molar-refractivity contribution is 5.33. The zero-order chi connectivity index (χ0) is 18.9. The van der Waals surface area contributed by atoms with Gasteiger partial charge in [0.15, 0.2) is 0 Å². The van der Waals surface area contributed by atoms with Gasteiger partial charge in [0.2, 0.25) is 0 Å². The summed E-state index contributed by atoms with van der Waals surface area (Å²) in [5.41, 5.74) is 5.07. The molecule has 0 aliphatic rings. The first-order chi connectivity index (χ1) is 13.2. The average Bonchev–Trinajstić information content (AvgIpc) is 2.71. The van der Waals surface area contributed by atoms with Gasteiger partial charge in [-0.2, -0.15) is 0 Å². The van der Waals surface area contributed by atoms with Crippen molar-refractivity contribution in [2.24, 2.45) is 0 Å². The minimum Gasteiger partial charge on any atom is -0.489 e. The van der Waals surface area contributed by atoms with Crippen molar-refractivity contribution < 1.29 is 4.74 Å². The number of nitrogens with one attached hydrogen (secondary N) is 1. The minimum atomic E-state index is 0.454. The van der Waals surface area contributed by atoms with E-state index in [0.717, 1.165) is 25.1 Å². The molecule has 0 radical (unpaired) electrons. The van der Waals surface area contributed by atoms with Crippen LogP contribution in [0.15, 0.2) is 78.9 Å². The third kappa shape index (κ3) is 6.26. The topological polar surface area (TPSA) is 21.3 Å². The molecule has 3 aromatic rings. The maximum Gasteiger partial charge on any atom is 0.124 e. The summed E-state index contributed by atoms with van der Waals surface area (Å²) in [6.45, 7) is 5.77. The molecule has 2 heteroatoms. The van der Waals surface area contributed by atoms with Crippen LogP contribution in [0.1, 0.15) is 35.6 Å². The molecule has 0 saturated heterocycles. The molecule has 0 heterocycles. The quantitative estimate of drug-likeness (QED) is 0.530. The van der Waals surface area contributed by atoms with E-state index in [4.69, 9.17) is 4.74 Å². The Kier molecular flexibility index (Phi) is 7.06. The van der Waals surface area contributed by atoms with Gasteiger partial charge in [-0.1, -0.05) is 78.4 Å². The van der Waals surface area contributed by atoms with Gasteiger partial charge in [-0.05, 0) is 43.9 Å². The van der Waals surface area contributed by atoms with E-state index in [1.165, 1.54) is 22.3 Å². The van der Waals surface area contributed by atoms with Crippen LogP contribution in [0.4, 0.5) is 0 Å². The molecule has 0 amide bonds. The molecule has 27 heavy (non-hydrogen) atoms. The fourth-order valence-corrected chi connectivity index (χ4v) is 3.05. The van der Waals surface area contributed by atoms with Crippen LogP contribution in [0, 0.1) is 6.92 Å². The summed E-state index contributed by atoms with van der Waals surface area (Å²) in [4.78, 5) is 0. The Balaban J connectivity index is 1.50. The highest BCUT2D eigenvalue weighted by atomic mass is 16.5. The second kappa shape index (κ2) is 9.94. The molecule has 3 rings (SSSR count). The van der Waals surface area contributed by atoms with E-state index in [0.29, 0.717) is 12.6 Å². The standard InChI is InChI=1S/C25H29NO/c1-20-12-15-23(16-13-20)19-27-25-11-7-6-10-24(25)18-26-21(2)14-17-22-8-4-3-5-9-22/h3-13,15-16,21,26H,14,17-19H2,1-2H3/t21-/m1/s1. The monoisotopic (exact) mass is 359 g/mol. The smallest absolute Gasteiger partial charge is 0.124 e. The van der Waals surface area contributed by atoms with E-state index in [1.807, 2.05) is 6.07 Å². The lowest BCUT2D eigenvalue weighted by Gasteiger charge is -2.16. The van der Waals surface area contributed by atoms with Crippen molar-refractivity contribution in [2.45, 2.75) is 45.9 Å². The molecule has 2 nitrogen and oxygen atoms in total. The Morgan fingerprint density at radius 2 is 1.52 bits per heavy atom. The number of rotatable bonds is 9. The van der Waals surface area contributed by atoms with Crippen molar-refractivity contribution in [3.05, 3.63) is 101 Å². The Bertz CT molecular complexity index is 811. The first-order valence-electron chi connectivity index (χ1n) is 9.74. The molecule has 3 aromatic carbocycles. The molecule has 1 atom stereocenters. The van der Waals surface area contributed by atoms with Gasteiger partial charge in [0.25, 0.3) is 0 Å². The summed E-state index contributed by atoms with van der Waals surface area (Å²) in [5.74, 6) is 0.959. The predicted octanol–water partition coefficient (Wildman–Crippen LogP) is 5.68. The lowest BCUT2D eigenvalue weighted by atomic mass is 10.1. The molecular weight excluding hydrogens is 330 g/mol. The third-order valence-corrected chi connectivity index (χ3v) is 4.84. The summed E-state index contributed by atoms with van der Waals surface area (Å²) in [7, 11) is 0. The Morgan fingerprint density at radius 3 is 2.30 bits per heavy atom. The van der Waals surface area contributed by atoms with Crippen molar-refractivity contribution in [1.29, 1.82) is 0 Å². The highest BCUT2D eigenvalue weighted by Crippen LogP contribution is 2.20. The highest BCUT2D eigenvalue weighted by Gasteiger charge is 2.07. The molecule has 0 aliphatic carbocycles. The number of hydrogen-bond acceptors (Lipinski definition) is 2. The van der Waals surface area contributed by atoms with Crippen LogP contribution in [0.3, 0.4) is 0 Å². The van der Waals surface area contributed by atoms with Crippen molar-refractivity contribution in [3.63, 3.8) is 0 Å². The lowest BCUT2D eigenvalue weighted by Crippen LogP contribution is -2.26. The van der Waals surface area contributed by atoms with Crippen molar-refractivity contribution in [3.8, 4) is 5.75 Å². The average molecular weight is 360 g/mol. The van der Waals surface area contributed by atoms with Gasteiger partial charge < -0.3 is 10.1 Å². The summed E-state index contributed by atoms with van der Waals surface area (Å²) >= 11 is 0. The lowest BCUT2D eigenvalue weighted by molar-refractivity contribution is 0.301. The maximum absolute atomic E-state index is 6.08. The molecule has 0 unspecified atom stereocenters. The van der Waals surface area contributed by atoms with E-state index in [2.05, 4.69) is 92.0 Å². The fourth-order valence-electron chi connectivity index (χ4n) is 3.05. The van der Waals surface area contributed by atoms with Crippen LogP contribution in [0.5, 0.6) is 5.75 Å². The summed E-state index contributed by atoms with van der Waals surface area (Å²) in [6, 6.07) is 27.9. The Hall–Kier alpha value is -2.58. The van der Waals surface area contributed by atoms with Crippen molar-refractivity contribution in [2.75, 3.05) is 0 Å². The van der Waals surface area contributed by atoms with E-state index in [-0.39, 0.29) is 0 Å². The maximum atomic E-state index is 6.08. The van der Waals surface area contributed by atoms with Crippen molar-refractivity contribution in [1.82, 2.24) is 5.32 Å². The van der Waals surface area contributed by atoms with E-state index in [9.17, 15) is 0 Å². The number of benzene rings is 3. The molecule has 0 aliphatic heterocycles. The first kappa shape index (κ1) is 19.2. The Labute approximate surface area is 163 Å². The van der Waals surface area contributed by atoms with Gasteiger partial charge in [0.05, 0.1) is 0 Å². The minimum absolute atomic E-state index is 0.454. The molecule has 0 saturated carbocycles. The van der Waals surface area contributed by atoms with Crippen molar-refractivity contribution >= 4 is 0 Å². The van der Waals surface area contributed by atoms with E-state index < -0.39 is 0 Å². The third-order valence-electron chi connectivity index (χ3n) is 4.84. The second-order valence-corrected chi connectivity index (χ2v) is 7.19. The van der Waals surface area contributed by atoms with Gasteiger partial charge in [-0.25, -0.2) is 0 Å². The molecular formula is C25H29NO. The fraction of sp³-hybridized carbons (Fsp3) is 0.280. The molecule has 0 aromatic heterocycles. The van der Waals surface area contributed by atoms with Gasteiger partial charge in [0.1, 0.15) is 12.4 Å². The zero-order valence-electron chi connectivity index (χ0n) is 16.3. The van der Waals surface area contributed by atoms with Crippen LogP contribution in [-0.4, -0.2) is 6.04 Å². The zero-order valence-corrected chi connectivity index (χ0v) is 16.3. The van der Waals surface area contributed by atoms with Gasteiger partial charge in [0, 0.05) is 18.2 Å². The van der Waals surface area contributed by atoms with Crippen LogP contribution in [0.25, 0.3) is 0 Å². The molecule has 1 N–H and O–H groups in total. The first-order valence-corrected chi connectivity index (χ1v) is 9.74. The number of hydrogen-bond donors (Lipinski definition) is 1. The Morgan fingerprint density at radius 1 is 0.815 bits per heavy atom. The van der Waals surface area contributed by atoms with Gasteiger partial charge >= 0.3 is 0 Å².